The van der Waals surface area contributed by atoms with Crippen LogP contribution in [0, 0.1) is 0 Å². The number of carbonyl (C=O) groups excluding carboxylic acids is 2. The molecule has 0 bridgehead atoms. The standard InChI is InChI=1S/C27H38N6O4/c1-27(2,3)37-26(35)32-11-9-21(10-12-32)20-7-5-19(6-8-20)17-22-24(25(28)34)29-18-23(30-22)31-13-15-33(4,36)16-14-31/h5-8,18,21,36H,9-17H2,1-4H3,(H-,28,34)/p+1. The molecule has 0 unspecified atom stereocenters. The molecule has 2 aliphatic rings. The van der Waals surface area contributed by atoms with Crippen LogP contribution in [-0.2, 0) is 11.2 Å². The number of likely N-dealkylation sites (tertiary alicyclic amines) is 1. The number of anilines is 1. The number of aromatic nitrogens is 2. The van der Waals surface area contributed by atoms with Gasteiger partial charge < -0.3 is 20.3 Å². The smallest absolute Gasteiger partial charge is 0.410 e. The van der Waals surface area contributed by atoms with E-state index in [0.29, 0.717) is 63.1 Å². The predicted molar refractivity (Wildman–Crippen MR) is 139 cm³/mol. The largest absolute Gasteiger partial charge is 0.444 e. The summed E-state index contributed by atoms with van der Waals surface area (Å²) in [6, 6.07) is 8.36. The van der Waals surface area contributed by atoms with E-state index in [1.165, 1.54) is 5.56 Å². The third-order valence-corrected chi connectivity index (χ3v) is 7.06. The summed E-state index contributed by atoms with van der Waals surface area (Å²) >= 11 is 0. The Labute approximate surface area is 218 Å². The Hall–Kier alpha value is -3.24. The Morgan fingerprint density at radius 3 is 2.30 bits per heavy atom. The monoisotopic (exact) mass is 511 g/mol. The van der Waals surface area contributed by atoms with Crippen LogP contribution in [0.25, 0.3) is 0 Å². The molecule has 0 spiro atoms. The molecule has 3 heterocycles. The van der Waals surface area contributed by atoms with Crippen LogP contribution in [0.15, 0.2) is 30.5 Å². The third kappa shape index (κ3) is 6.95. The number of nitrogens with zero attached hydrogens (tertiary/aromatic N) is 5. The lowest BCUT2D eigenvalue weighted by Gasteiger charge is -2.36. The maximum Gasteiger partial charge on any atom is 0.410 e. The van der Waals surface area contributed by atoms with Gasteiger partial charge in [-0.3, -0.25) is 4.79 Å². The van der Waals surface area contributed by atoms with Gasteiger partial charge in [-0.05, 0) is 50.7 Å². The molecule has 3 N–H and O–H groups in total. The number of hydrogen-bond donors (Lipinski definition) is 2. The summed E-state index contributed by atoms with van der Waals surface area (Å²) in [5.74, 6) is 0.473. The Morgan fingerprint density at radius 2 is 1.73 bits per heavy atom. The Balaban J connectivity index is 1.41. The van der Waals surface area contributed by atoms with E-state index in [4.69, 9.17) is 15.5 Å². The second kappa shape index (κ2) is 10.6. The van der Waals surface area contributed by atoms with Crippen LogP contribution >= 0.6 is 0 Å². The molecule has 2 aromatic rings. The molecule has 4 rings (SSSR count). The summed E-state index contributed by atoms with van der Waals surface area (Å²) in [6.07, 6.45) is 3.56. The minimum absolute atomic E-state index is 0.0114. The normalized spacial score (nSPS) is 18.5. The predicted octanol–water partition coefficient (Wildman–Crippen LogP) is 2.94. The fourth-order valence-electron chi connectivity index (χ4n) is 4.85. The first kappa shape index (κ1) is 26.8. The number of hydroxylamine groups is 3. The van der Waals surface area contributed by atoms with Gasteiger partial charge in [-0.2, -0.15) is 4.65 Å². The van der Waals surface area contributed by atoms with Gasteiger partial charge in [-0.1, -0.05) is 24.3 Å². The number of primary amides is 1. The van der Waals surface area contributed by atoms with Crippen molar-refractivity contribution in [3.8, 4) is 0 Å². The second-order valence-corrected chi connectivity index (χ2v) is 11.3. The van der Waals surface area contributed by atoms with E-state index in [-0.39, 0.29) is 16.4 Å². The van der Waals surface area contributed by atoms with Crippen molar-refractivity contribution in [1.29, 1.82) is 0 Å². The first-order valence-corrected chi connectivity index (χ1v) is 12.9. The molecule has 2 aliphatic heterocycles. The van der Waals surface area contributed by atoms with Crippen LogP contribution in [0.3, 0.4) is 0 Å². The summed E-state index contributed by atoms with van der Waals surface area (Å²) in [5.41, 5.74) is 8.09. The average molecular weight is 512 g/mol. The fourth-order valence-corrected chi connectivity index (χ4v) is 4.85. The van der Waals surface area contributed by atoms with Crippen molar-refractivity contribution in [1.82, 2.24) is 14.9 Å². The number of rotatable bonds is 5. The molecule has 2 fully saturated rings. The van der Waals surface area contributed by atoms with Crippen molar-refractivity contribution < 1.29 is 24.2 Å². The lowest BCUT2D eigenvalue weighted by molar-refractivity contribution is -1.09. The minimum Gasteiger partial charge on any atom is -0.444 e. The highest BCUT2D eigenvalue weighted by Gasteiger charge is 2.29. The van der Waals surface area contributed by atoms with Gasteiger partial charge in [-0.15, -0.1) is 0 Å². The van der Waals surface area contributed by atoms with Crippen molar-refractivity contribution in [3.63, 3.8) is 0 Å². The van der Waals surface area contributed by atoms with Crippen LogP contribution in [-0.4, -0.2) is 88.6 Å². The number of amides is 2. The number of benzene rings is 1. The molecular formula is C27H39N6O4+. The molecule has 2 saturated heterocycles. The third-order valence-electron chi connectivity index (χ3n) is 7.06. The second-order valence-electron chi connectivity index (χ2n) is 11.3. The Bertz CT molecular complexity index is 1110. The van der Waals surface area contributed by atoms with E-state index < -0.39 is 11.5 Å². The molecule has 0 saturated carbocycles. The highest BCUT2D eigenvalue weighted by atomic mass is 16.6. The molecule has 0 atom stereocenters. The van der Waals surface area contributed by atoms with Gasteiger partial charge in [0.25, 0.3) is 5.91 Å². The maximum absolute atomic E-state index is 12.3. The molecule has 37 heavy (non-hydrogen) atoms. The molecule has 200 valence electrons. The van der Waals surface area contributed by atoms with Crippen LogP contribution in [0.5, 0.6) is 0 Å². The quantitative estimate of drug-likeness (QED) is 0.592. The number of hydrogen-bond acceptors (Lipinski definition) is 7. The summed E-state index contributed by atoms with van der Waals surface area (Å²) in [4.78, 5) is 37.3. The molecule has 1 aromatic heterocycles. The number of ether oxygens (including phenoxy) is 1. The first-order valence-electron chi connectivity index (χ1n) is 12.9. The van der Waals surface area contributed by atoms with E-state index in [2.05, 4.69) is 34.1 Å². The van der Waals surface area contributed by atoms with Crippen molar-refractivity contribution in [2.24, 2.45) is 5.73 Å². The highest BCUT2D eigenvalue weighted by Crippen LogP contribution is 2.29. The van der Waals surface area contributed by atoms with E-state index >= 15 is 0 Å². The Morgan fingerprint density at radius 1 is 1.11 bits per heavy atom. The number of nitrogens with two attached hydrogens (primary N) is 1. The molecule has 2 amide bonds. The SMILES string of the molecule is CC(C)(C)OC(=O)N1CCC(c2ccc(Cc3nc(N4CC[N+](C)(O)CC4)cnc3C(N)=O)cc2)CC1. The van der Waals surface area contributed by atoms with Crippen molar-refractivity contribution in [2.75, 3.05) is 51.2 Å². The van der Waals surface area contributed by atoms with E-state index in [9.17, 15) is 14.8 Å². The zero-order valence-corrected chi connectivity index (χ0v) is 22.3. The molecular weight excluding hydrogens is 472 g/mol. The van der Waals surface area contributed by atoms with E-state index in [1.54, 1.807) is 18.1 Å². The number of carbonyl (C=O) groups is 2. The van der Waals surface area contributed by atoms with Crippen LogP contribution in [0.2, 0.25) is 0 Å². The minimum atomic E-state index is -0.597. The van der Waals surface area contributed by atoms with Gasteiger partial charge in [0.2, 0.25) is 0 Å². The highest BCUT2D eigenvalue weighted by molar-refractivity contribution is 5.92. The zero-order valence-electron chi connectivity index (χ0n) is 22.3. The first-order chi connectivity index (χ1) is 17.4. The lowest BCUT2D eigenvalue weighted by atomic mass is 9.89. The van der Waals surface area contributed by atoms with Gasteiger partial charge in [0.05, 0.1) is 32.0 Å². The van der Waals surface area contributed by atoms with Crippen molar-refractivity contribution in [3.05, 3.63) is 53.0 Å². The van der Waals surface area contributed by atoms with Gasteiger partial charge in [0, 0.05) is 19.5 Å². The van der Waals surface area contributed by atoms with E-state index in [1.807, 2.05) is 20.8 Å². The van der Waals surface area contributed by atoms with Crippen molar-refractivity contribution >= 4 is 17.8 Å². The molecule has 0 radical (unpaired) electrons. The van der Waals surface area contributed by atoms with Gasteiger partial charge in [0.1, 0.15) is 30.2 Å². The van der Waals surface area contributed by atoms with Gasteiger partial charge in [-0.25, -0.2) is 20.0 Å². The lowest BCUT2D eigenvalue weighted by Crippen LogP contribution is -2.55. The van der Waals surface area contributed by atoms with E-state index in [0.717, 1.165) is 18.4 Å². The Kier molecular flexibility index (Phi) is 7.70. The number of likely N-dealkylation sites (N-methyl/N-ethyl adjacent to an activating group) is 1. The zero-order chi connectivity index (χ0) is 26.8. The summed E-state index contributed by atoms with van der Waals surface area (Å²) < 4.78 is 5.49. The maximum atomic E-state index is 12.3. The van der Waals surface area contributed by atoms with Crippen molar-refractivity contribution in [2.45, 2.75) is 51.6 Å². The van der Waals surface area contributed by atoms with Crippen LogP contribution in [0.1, 0.15) is 66.8 Å². The number of quaternary nitrogens is 1. The summed E-state index contributed by atoms with van der Waals surface area (Å²) in [5, 5.41) is 10.2. The van der Waals surface area contributed by atoms with Gasteiger partial charge in [0.15, 0.2) is 0 Å². The molecule has 1 aromatic carbocycles. The fraction of sp³-hybridized carbons (Fsp3) is 0.556. The van der Waals surface area contributed by atoms with Crippen LogP contribution < -0.4 is 10.6 Å². The molecule has 10 nitrogen and oxygen atoms in total. The topological polar surface area (TPSA) is 122 Å². The number of piperidine rings is 1. The van der Waals surface area contributed by atoms with Crippen LogP contribution in [0.4, 0.5) is 10.6 Å². The van der Waals surface area contributed by atoms with Gasteiger partial charge >= 0.3 is 6.09 Å². The molecule has 10 heteroatoms. The summed E-state index contributed by atoms with van der Waals surface area (Å²) in [7, 11) is 1.79. The molecule has 0 aliphatic carbocycles. The number of piperazine rings is 1. The summed E-state index contributed by atoms with van der Waals surface area (Å²) in [6.45, 7) is 9.48. The average Bonchev–Trinajstić information content (AvgIpc) is 2.83.